The Morgan fingerprint density at radius 2 is 1.17 bits per heavy atom. The minimum Gasteiger partial charge on any atom is -0.458 e. The van der Waals surface area contributed by atoms with Gasteiger partial charge in [0.1, 0.15) is 6.10 Å². The quantitative estimate of drug-likeness (QED) is 0.147. The predicted octanol–water partition coefficient (Wildman–Crippen LogP) is 3.20. The minimum absolute atomic E-state index is 0.0326. The third-order valence-electron chi connectivity index (χ3n) is 9.74. The normalized spacial score (nSPS) is 42.0. The highest BCUT2D eigenvalue weighted by Gasteiger charge is 2.41. The van der Waals surface area contributed by atoms with Crippen molar-refractivity contribution in [3.8, 4) is 0 Å². The number of fused-ring (bicyclic) bond motifs is 2. The van der Waals surface area contributed by atoms with E-state index in [1.165, 1.54) is 6.08 Å². The highest BCUT2D eigenvalue weighted by molar-refractivity contribution is 5.88. The van der Waals surface area contributed by atoms with Crippen LogP contribution in [0.1, 0.15) is 98.3 Å². The van der Waals surface area contributed by atoms with E-state index in [0.29, 0.717) is 18.4 Å². The van der Waals surface area contributed by atoms with E-state index < -0.39 is 72.8 Å². The molecule has 0 aliphatic carbocycles. The zero-order chi connectivity index (χ0) is 39.6. The predicted molar refractivity (Wildman–Crippen MR) is 202 cm³/mol. The van der Waals surface area contributed by atoms with Crippen LogP contribution in [0.25, 0.3) is 0 Å². The number of esters is 1. The summed E-state index contributed by atoms with van der Waals surface area (Å²) in [7, 11) is 0. The van der Waals surface area contributed by atoms with Crippen molar-refractivity contribution in [1.29, 1.82) is 0 Å². The average molecular weight is 751 g/mol. The summed E-state index contributed by atoms with van der Waals surface area (Å²) in [5.74, 6) is -2.47. The first-order chi connectivity index (χ1) is 25.0. The first-order valence-electron chi connectivity index (χ1n) is 19.1. The standard InChI is InChI=1S/C41H66O12/c1-5-27(2)39-28(3)16-17-30(42)18-31(43)19-32(44)20-33(45)21-34(46)22-35(47)23-36(48)25-41(51)26-37(49)24-38(53-41)15-13-11-9-7-6-8-10-12-14-29(4)40(50)52-39/h6-14,16-17,27-28,30-39,42-49,51H,5,15,18-26H2,1-4H3/b8-6+,9-7+,12-10+,13-11+,17-16+,29-14+. The smallest absolute Gasteiger partial charge is 0.334 e. The number of hydrogen-bond donors (Lipinski definition) is 9. The maximum atomic E-state index is 12.9. The van der Waals surface area contributed by atoms with Gasteiger partial charge in [-0.1, -0.05) is 94.0 Å². The van der Waals surface area contributed by atoms with Crippen LogP contribution in [0.15, 0.2) is 72.4 Å². The molecular weight excluding hydrogens is 684 g/mol. The van der Waals surface area contributed by atoms with E-state index in [4.69, 9.17) is 9.47 Å². The molecular formula is C41H66O12. The fraction of sp³-hybridized carbons (Fsp3) is 0.683. The Morgan fingerprint density at radius 3 is 1.72 bits per heavy atom. The van der Waals surface area contributed by atoms with Gasteiger partial charge in [-0.05, 0) is 51.4 Å². The van der Waals surface area contributed by atoms with E-state index >= 15 is 0 Å². The topological polar surface area (TPSA) is 218 Å². The molecule has 12 nitrogen and oxygen atoms in total. The number of carbonyl (C=O) groups excluding carboxylic acids is 1. The summed E-state index contributed by atoms with van der Waals surface area (Å²) in [5.41, 5.74) is 0.421. The molecule has 2 heterocycles. The molecule has 13 atom stereocenters. The molecule has 0 saturated carbocycles. The van der Waals surface area contributed by atoms with Gasteiger partial charge in [0.2, 0.25) is 0 Å². The number of aliphatic hydroxyl groups is 9. The first-order valence-corrected chi connectivity index (χ1v) is 19.1. The third kappa shape index (κ3) is 19.1. The number of carbonyl (C=O) groups is 1. The maximum Gasteiger partial charge on any atom is 0.334 e. The van der Waals surface area contributed by atoms with Crippen molar-refractivity contribution in [2.45, 2.75) is 165 Å². The lowest BCUT2D eigenvalue weighted by molar-refractivity contribution is -0.282. The van der Waals surface area contributed by atoms with Crippen LogP contribution in [0.3, 0.4) is 0 Å². The summed E-state index contributed by atoms with van der Waals surface area (Å²) in [6.45, 7) is 7.55. The second-order valence-corrected chi connectivity index (χ2v) is 15.1. The largest absolute Gasteiger partial charge is 0.458 e. The van der Waals surface area contributed by atoms with Crippen molar-refractivity contribution in [2.75, 3.05) is 0 Å². The number of ether oxygens (including phenoxy) is 2. The van der Waals surface area contributed by atoms with Gasteiger partial charge in [0.25, 0.3) is 0 Å². The Hall–Kier alpha value is -2.49. The Balaban J connectivity index is 2.18. The summed E-state index contributed by atoms with van der Waals surface area (Å²) in [6.07, 6.45) is 9.84. The highest BCUT2D eigenvalue weighted by Crippen LogP contribution is 2.33. The van der Waals surface area contributed by atoms with Gasteiger partial charge in [-0.25, -0.2) is 4.79 Å². The molecule has 0 radical (unpaired) electrons. The van der Waals surface area contributed by atoms with E-state index in [0.717, 1.165) is 6.42 Å². The summed E-state index contributed by atoms with van der Waals surface area (Å²) in [4.78, 5) is 12.9. The van der Waals surface area contributed by atoms with Gasteiger partial charge >= 0.3 is 5.97 Å². The fourth-order valence-corrected chi connectivity index (χ4v) is 6.80. The molecule has 13 unspecified atom stereocenters. The van der Waals surface area contributed by atoms with Gasteiger partial charge in [0.15, 0.2) is 5.79 Å². The Bertz CT molecular complexity index is 1240. The molecule has 0 aromatic rings. The van der Waals surface area contributed by atoms with Gasteiger partial charge < -0.3 is 55.4 Å². The molecule has 2 bridgehead atoms. The molecule has 1 saturated heterocycles. The van der Waals surface area contributed by atoms with E-state index in [1.54, 1.807) is 37.3 Å². The monoisotopic (exact) mass is 750 g/mol. The molecule has 0 aromatic carbocycles. The van der Waals surface area contributed by atoms with Crippen LogP contribution in [0.2, 0.25) is 0 Å². The molecule has 0 spiro atoms. The number of rotatable bonds is 2. The lowest BCUT2D eigenvalue weighted by Gasteiger charge is -2.40. The van der Waals surface area contributed by atoms with Gasteiger partial charge in [-0.15, -0.1) is 0 Å². The van der Waals surface area contributed by atoms with Crippen molar-refractivity contribution in [2.24, 2.45) is 11.8 Å². The summed E-state index contributed by atoms with van der Waals surface area (Å²) in [5, 5.41) is 95.1. The number of aliphatic hydroxyl groups excluding tert-OH is 8. The van der Waals surface area contributed by atoms with Crippen LogP contribution in [0, 0.1) is 11.8 Å². The van der Waals surface area contributed by atoms with Gasteiger partial charge in [-0.3, -0.25) is 0 Å². The molecule has 0 aromatic heterocycles. The van der Waals surface area contributed by atoms with Gasteiger partial charge in [0.05, 0.1) is 54.9 Å². The SMILES string of the molecule is CCC(C)C1OC(=O)/C(C)=C/C=C/C=C/C=C/C=C/CC2CC(O)CC(O)(CC(O)CC(O)CC(O)CC(O)CC(O)CC(O)CC(O)/C=C/C1C)O2. The molecule has 302 valence electrons. The maximum absolute atomic E-state index is 12.9. The van der Waals surface area contributed by atoms with Gasteiger partial charge in [-0.2, -0.15) is 0 Å². The van der Waals surface area contributed by atoms with E-state index in [1.807, 2.05) is 51.2 Å². The van der Waals surface area contributed by atoms with Crippen molar-refractivity contribution < 1.29 is 60.2 Å². The summed E-state index contributed by atoms with van der Waals surface area (Å²) >= 11 is 0. The molecule has 12 heteroatoms. The van der Waals surface area contributed by atoms with Crippen LogP contribution in [0.5, 0.6) is 0 Å². The first kappa shape index (κ1) is 46.7. The number of hydrogen-bond acceptors (Lipinski definition) is 12. The molecule has 1 fully saturated rings. The van der Waals surface area contributed by atoms with E-state index in [2.05, 4.69) is 0 Å². The fourth-order valence-electron chi connectivity index (χ4n) is 6.80. The zero-order valence-corrected chi connectivity index (χ0v) is 31.8. The Kier molecular flexibility index (Phi) is 21.2. The minimum atomic E-state index is -1.81. The average Bonchev–Trinajstić information content (AvgIpc) is 3.04. The van der Waals surface area contributed by atoms with E-state index in [9.17, 15) is 50.8 Å². The molecule has 9 N–H and O–H groups in total. The molecule has 53 heavy (non-hydrogen) atoms. The van der Waals surface area contributed by atoms with Crippen molar-refractivity contribution in [3.05, 3.63) is 72.4 Å². The van der Waals surface area contributed by atoms with Crippen LogP contribution >= 0.6 is 0 Å². The lowest BCUT2D eigenvalue weighted by atomic mass is 9.90. The Morgan fingerprint density at radius 1 is 0.698 bits per heavy atom. The second kappa shape index (κ2) is 24.1. The van der Waals surface area contributed by atoms with Crippen molar-refractivity contribution in [1.82, 2.24) is 0 Å². The zero-order valence-electron chi connectivity index (χ0n) is 31.8. The highest BCUT2D eigenvalue weighted by atomic mass is 16.6. The van der Waals surface area contributed by atoms with E-state index in [-0.39, 0.29) is 63.2 Å². The second-order valence-electron chi connectivity index (χ2n) is 15.1. The number of cyclic esters (lactones) is 1. The summed E-state index contributed by atoms with van der Waals surface area (Å²) < 4.78 is 11.7. The number of allylic oxidation sites excluding steroid dienone is 8. The van der Waals surface area contributed by atoms with Crippen LogP contribution in [-0.4, -0.2) is 119 Å². The van der Waals surface area contributed by atoms with Crippen molar-refractivity contribution in [3.63, 3.8) is 0 Å². The van der Waals surface area contributed by atoms with Crippen molar-refractivity contribution >= 4 is 5.97 Å². The van der Waals surface area contributed by atoms with Gasteiger partial charge in [0, 0.05) is 37.2 Å². The molecule has 2 aliphatic heterocycles. The summed E-state index contributed by atoms with van der Waals surface area (Å²) in [6, 6.07) is 0. The Labute approximate surface area is 315 Å². The van der Waals surface area contributed by atoms with Crippen LogP contribution in [-0.2, 0) is 14.3 Å². The lowest BCUT2D eigenvalue weighted by Crippen LogP contribution is -2.48. The van der Waals surface area contributed by atoms with Crippen LogP contribution < -0.4 is 0 Å². The molecule has 2 rings (SSSR count). The molecule has 0 amide bonds. The van der Waals surface area contributed by atoms with Crippen LogP contribution in [0.4, 0.5) is 0 Å². The molecule has 2 aliphatic rings. The third-order valence-corrected chi connectivity index (χ3v) is 9.74.